The van der Waals surface area contributed by atoms with E-state index < -0.39 is 11.5 Å². The van der Waals surface area contributed by atoms with Crippen molar-refractivity contribution in [2.75, 3.05) is 19.0 Å². The van der Waals surface area contributed by atoms with Crippen molar-refractivity contribution in [3.63, 3.8) is 0 Å². The number of carbonyl (C=O) groups excluding carboxylic acids is 1. The normalized spacial score (nSPS) is 11.0. The van der Waals surface area contributed by atoms with E-state index in [0.29, 0.717) is 11.0 Å². The molecule has 6 nitrogen and oxygen atoms in total. The largest absolute Gasteiger partial charge is 0.422 e. The Morgan fingerprint density at radius 1 is 1.12 bits per heavy atom. The van der Waals surface area contributed by atoms with Crippen LogP contribution in [0.3, 0.4) is 0 Å². The number of benzene rings is 2. The summed E-state index contributed by atoms with van der Waals surface area (Å²) in [4.78, 5) is 26.1. The lowest BCUT2D eigenvalue weighted by atomic mass is 10.2. The van der Waals surface area contributed by atoms with Crippen LogP contribution in [0.25, 0.3) is 11.0 Å². The first kappa shape index (κ1) is 16.4. The van der Waals surface area contributed by atoms with Gasteiger partial charge in [-0.3, -0.25) is 4.79 Å². The van der Waals surface area contributed by atoms with Gasteiger partial charge in [-0.1, -0.05) is 30.3 Å². The maximum absolute atomic E-state index is 12.2. The first-order valence-corrected chi connectivity index (χ1v) is 7.68. The van der Waals surface area contributed by atoms with Crippen LogP contribution in [0.2, 0.25) is 0 Å². The maximum Gasteiger partial charge on any atom is 0.349 e. The maximum atomic E-state index is 12.2. The molecular weight excluding hydrogens is 318 g/mol. The van der Waals surface area contributed by atoms with Gasteiger partial charge < -0.3 is 9.32 Å². The number of hydrogen-bond donors (Lipinski definition) is 1. The summed E-state index contributed by atoms with van der Waals surface area (Å²) in [6.07, 6.45) is 1.51. The second kappa shape index (κ2) is 7.00. The lowest BCUT2D eigenvalue weighted by Gasteiger charge is -2.11. The van der Waals surface area contributed by atoms with Gasteiger partial charge in [-0.15, -0.1) is 0 Å². The van der Waals surface area contributed by atoms with Gasteiger partial charge in [0.15, 0.2) is 0 Å². The molecule has 0 saturated carbocycles. The summed E-state index contributed by atoms with van der Waals surface area (Å²) in [5.74, 6) is -0.610. The van der Waals surface area contributed by atoms with Crippen LogP contribution >= 0.6 is 0 Å². The molecule has 0 bridgehead atoms. The zero-order valence-electron chi connectivity index (χ0n) is 13.9. The van der Waals surface area contributed by atoms with Crippen molar-refractivity contribution < 1.29 is 9.21 Å². The zero-order valence-corrected chi connectivity index (χ0v) is 13.9. The molecule has 1 amide bonds. The predicted molar refractivity (Wildman–Crippen MR) is 98.3 cm³/mol. The highest BCUT2D eigenvalue weighted by molar-refractivity contribution is 5.97. The minimum absolute atomic E-state index is 0.0844. The van der Waals surface area contributed by atoms with Crippen molar-refractivity contribution in [3.8, 4) is 0 Å². The van der Waals surface area contributed by atoms with Gasteiger partial charge in [0.1, 0.15) is 11.1 Å². The summed E-state index contributed by atoms with van der Waals surface area (Å²) in [5, 5.41) is 4.57. The number of rotatable bonds is 4. The van der Waals surface area contributed by atoms with E-state index in [4.69, 9.17) is 4.42 Å². The molecule has 6 heteroatoms. The van der Waals surface area contributed by atoms with Gasteiger partial charge in [0.05, 0.1) is 6.21 Å². The molecule has 0 radical (unpaired) electrons. The topological polar surface area (TPSA) is 74.9 Å². The number of para-hydroxylation sites is 1. The number of nitrogens with one attached hydrogen (secondary N) is 1. The van der Waals surface area contributed by atoms with Gasteiger partial charge in [-0.2, -0.15) is 5.10 Å². The molecule has 1 aromatic heterocycles. The molecule has 25 heavy (non-hydrogen) atoms. The molecule has 0 unspecified atom stereocenters. The molecule has 0 spiro atoms. The van der Waals surface area contributed by atoms with E-state index in [1.165, 1.54) is 12.3 Å². The van der Waals surface area contributed by atoms with Gasteiger partial charge in [-0.25, -0.2) is 10.2 Å². The Morgan fingerprint density at radius 2 is 1.84 bits per heavy atom. The number of carbonyl (C=O) groups is 1. The highest BCUT2D eigenvalue weighted by Crippen LogP contribution is 2.13. The second-order valence-electron chi connectivity index (χ2n) is 5.67. The van der Waals surface area contributed by atoms with Gasteiger partial charge in [0.25, 0.3) is 5.91 Å². The SMILES string of the molecule is CN(C)c1ccc(C=NNC(=O)c2cc3ccccc3oc2=O)cc1. The third kappa shape index (κ3) is 3.74. The van der Waals surface area contributed by atoms with Crippen molar-refractivity contribution in [3.05, 3.63) is 76.1 Å². The van der Waals surface area contributed by atoms with Crippen LogP contribution in [-0.2, 0) is 0 Å². The van der Waals surface area contributed by atoms with E-state index in [9.17, 15) is 9.59 Å². The molecule has 1 N–H and O–H groups in total. The first-order chi connectivity index (χ1) is 12.0. The first-order valence-electron chi connectivity index (χ1n) is 7.68. The molecule has 0 fully saturated rings. The van der Waals surface area contributed by atoms with Crippen LogP contribution in [0.5, 0.6) is 0 Å². The highest BCUT2D eigenvalue weighted by atomic mass is 16.4. The molecule has 0 atom stereocenters. The van der Waals surface area contributed by atoms with Gasteiger partial charge in [0, 0.05) is 25.2 Å². The number of hydrogen-bond acceptors (Lipinski definition) is 5. The quantitative estimate of drug-likeness (QED) is 0.452. The Labute approximate surface area is 144 Å². The smallest absolute Gasteiger partial charge is 0.349 e. The molecule has 1 heterocycles. The Hall–Kier alpha value is -3.41. The number of hydrazone groups is 1. The minimum atomic E-state index is -0.693. The van der Waals surface area contributed by atoms with Crippen molar-refractivity contribution in [1.29, 1.82) is 0 Å². The number of anilines is 1. The number of nitrogens with zero attached hydrogens (tertiary/aromatic N) is 2. The Morgan fingerprint density at radius 3 is 2.56 bits per heavy atom. The summed E-state index contributed by atoms with van der Waals surface area (Å²) in [6.45, 7) is 0. The second-order valence-corrected chi connectivity index (χ2v) is 5.67. The summed E-state index contributed by atoms with van der Waals surface area (Å²) in [7, 11) is 3.91. The lowest BCUT2D eigenvalue weighted by Crippen LogP contribution is -2.24. The van der Waals surface area contributed by atoms with Crippen LogP contribution in [0.1, 0.15) is 15.9 Å². The highest BCUT2D eigenvalue weighted by Gasteiger charge is 2.12. The fraction of sp³-hybridized carbons (Fsp3) is 0.105. The lowest BCUT2D eigenvalue weighted by molar-refractivity contribution is 0.0951. The predicted octanol–water partition coefficient (Wildman–Crippen LogP) is 2.62. The average Bonchev–Trinajstić information content (AvgIpc) is 2.61. The Bertz CT molecular complexity index is 989. The summed E-state index contributed by atoms with van der Waals surface area (Å²) < 4.78 is 5.14. The van der Waals surface area contributed by atoms with Crippen LogP contribution < -0.4 is 16.0 Å². The average molecular weight is 335 g/mol. The van der Waals surface area contributed by atoms with Crippen molar-refractivity contribution in [1.82, 2.24) is 5.43 Å². The van der Waals surface area contributed by atoms with Crippen LogP contribution in [0.15, 0.2) is 68.9 Å². The van der Waals surface area contributed by atoms with E-state index in [1.54, 1.807) is 24.3 Å². The summed E-state index contributed by atoms with van der Waals surface area (Å²) >= 11 is 0. The molecule has 126 valence electrons. The van der Waals surface area contributed by atoms with E-state index in [2.05, 4.69) is 10.5 Å². The van der Waals surface area contributed by atoms with E-state index in [0.717, 1.165) is 11.3 Å². The van der Waals surface area contributed by atoms with Crippen LogP contribution in [-0.4, -0.2) is 26.2 Å². The molecule has 3 aromatic rings. The fourth-order valence-electron chi connectivity index (χ4n) is 2.30. The van der Waals surface area contributed by atoms with Crippen molar-refractivity contribution in [2.24, 2.45) is 5.10 Å². The third-order valence-electron chi connectivity index (χ3n) is 3.68. The van der Waals surface area contributed by atoms with Gasteiger partial charge in [-0.05, 0) is 29.8 Å². The number of fused-ring (bicyclic) bond motifs is 1. The van der Waals surface area contributed by atoms with Gasteiger partial charge in [0.2, 0.25) is 0 Å². The van der Waals surface area contributed by atoms with E-state index >= 15 is 0 Å². The molecule has 0 aliphatic rings. The van der Waals surface area contributed by atoms with Crippen LogP contribution in [0.4, 0.5) is 5.69 Å². The molecule has 3 rings (SSSR count). The number of amides is 1. The Balaban J connectivity index is 1.74. The van der Waals surface area contributed by atoms with Gasteiger partial charge >= 0.3 is 5.63 Å². The molecule has 2 aromatic carbocycles. The van der Waals surface area contributed by atoms with Crippen LogP contribution in [0, 0.1) is 0 Å². The van der Waals surface area contributed by atoms with Crippen molar-refractivity contribution in [2.45, 2.75) is 0 Å². The zero-order chi connectivity index (χ0) is 17.8. The monoisotopic (exact) mass is 335 g/mol. The van der Waals surface area contributed by atoms with E-state index in [1.807, 2.05) is 43.3 Å². The molecule has 0 saturated heterocycles. The molecular formula is C19H17N3O3. The molecule has 0 aliphatic heterocycles. The Kier molecular flexibility index (Phi) is 4.61. The summed E-state index contributed by atoms with van der Waals surface area (Å²) in [6, 6.07) is 16.2. The van der Waals surface area contributed by atoms with Crippen molar-refractivity contribution >= 4 is 28.8 Å². The minimum Gasteiger partial charge on any atom is -0.422 e. The summed E-state index contributed by atoms with van der Waals surface area (Å²) in [5.41, 5.74) is 3.91. The fourth-order valence-corrected chi connectivity index (χ4v) is 2.30. The molecule has 0 aliphatic carbocycles. The van der Waals surface area contributed by atoms with E-state index in [-0.39, 0.29) is 5.56 Å². The third-order valence-corrected chi connectivity index (χ3v) is 3.68. The standard InChI is InChI=1S/C19H17N3O3/c1-22(2)15-9-7-13(8-10-15)12-20-21-18(23)16-11-14-5-3-4-6-17(14)25-19(16)24/h3-12H,1-2H3,(H,21,23).